The number of pyridine rings is 2. The van der Waals surface area contributed by atoms with Crippen molar-refractivity contribution in [3.63, 3.8) is 0 Å². The number of nitrogen functional groups attached to an aromatic ring is 1. The molecule has 0 spiro atoms. The van der Waals surface area contributed by atoms with Crippen molar-refractivity contribution in [3.8, 4) is 5.82 Å². The molecule has 0 bridgehead atoms. The molecule has 3 N–H and O–H groups in total. The average molecular weight is 318 g/mol. The second-order valence-electron chi connectivity index (χ2n) is 5.12. The molecule has 4 aromatic heterocycles. The Labute approximate surface area is 137 Å². The van der Waals surface area contributed by atoms with Crippen LogP contribution in [0.4, 0.5) is 11.6 Å². The molecule has 0 atom stereocenters. The normalized spacial score (nSPS) is 10.8. The third kappa shape index (κ3) is 2.60. The Hall–Kier alpha value is -3.55. The van der Waals surface area contributed by atoms with Gasteiger partial charge in [-0.3, -0.25) is 0 Å². The van der Waals surface area contributed by atoms with E-state index in [0.29, 0.717) is 23.8 Å². The molecular formula is C16H14N8. The fourth-order valence-electron chi connectivity index (χ4n) is 2.45. The maximum Gasteiger partial charge on any atom is 0.166 e. The number of rotatable bonds is 4. The number of aromatic nitrogens is 6. The van der Waals surface area contributed by atoms with Crippen molar-refractivity contribution < 1.29 is 0 Å². The largest absolute Gasteiger partial charge is 0.384 e. The number of nitrogens with one attached hydrogen (secondary N) is 1. The van der Waals surface area contributed by atoms with E-state index in [0.717, 1.165) is 16.8 Å². The van der Waals surface area contributed by atoms with Crippen molar-refractivity contribution >= 4 is 22.7 Å². The fourth-order valence-corrected chi connectivity index (χ4v) is 2.45. The van der Waals surface area contributed by atoms with E-state index >= 15 is 0 Å². The van der Waals surface area contributed by atoms with Crippen LogP contribution >= 0.6 is 0 Å². The van der Waals surface area contributed by atoms with Gasteiger partial charge in [0.2, 0.25) is 0 Å². The van der Waals surface area contributed by atoms with Crippen LogP contribution in [-0.2, 0) is 6.54 Å². The summed E-state index contributed by atoms with van der Waals surface area (Å²) in [5.74, 6) is 1.90. The maximum atomic E-state index is 5.70. The summed E-state index contributed by atoms with van der Waals surface area (Å²) in [5.41, 5.74) is 7.26. The highest BCUT2D eigenvalue weighted by atomic mass is 15.3. The maximum absolute atomic E-state index is 5.70. The lowest BCUT2D eigenvalue weighted by Gasteiger charge is -2.11. The van der Waals surface area contributed by atoms with E-state index in [9.17, 15) is 0 Å². The van der Waals surface area contributed by atoms with Crippen LogP contribution < -0.4 is 11.1 Å². The molecule has 4 rings (SSSR count). The van der Waals surface area contributed by atoms with Gasteiger partial charge in [0, 0.05) is 30.7 Å². The van der Waals surface area contributed by atoms with Gasteiger partial charge in [0.05, 0.1) is 5.39 Å². The Bertz CT molecular complexity index is 980. The quantitative estimate of drug-likeness (QED) is 0.590. The predicted octanol–water partition coefficient (Wildman–Crippen LogP) is 1.80. The van der Waals surface area contributed by atoms with Crippen molar-refractivity contribution in [1.82, 2.24) is 29.7 Å². The Morgan fingerprint density at radius 2 is 2.00 bits per heavy atom. The van der Waals surface area contributed by atoms with Crippen LogP contribution in [-0.4, -0.2) is 29.7 Å². The highest BCUT2D eigenvalue weighted by Gasteiger charge is 2.08. The summed E-state index contributed by atoms with van der Waals surface area (Å²) in [6, 6.07) is 9.34. The van der Waals surface area contributed by atoms with Gasteiger partial charge in [-0.15, -0.1) is 0 Å². The zero-order chi connectivity index (χ0) is 16.4. The van der Waals surface area contributed by atoms with E-state index in [1.165, 1.54) is 6.33 Å². The number of fused-ring (bicyclic) bond motifs is 1. The summed E-state index contributed by atoms with van der Waals surface area (Å²) in [6.45, 7) is 0.541. The molecular weight excluding hydrogens is 304 g/mol. The Morgan fingerprint density at radius 1 is 1.04 bits per heavy atom. The van der Waals surface area contributed by atoms with Crippen LogP contribution in [0.1, 0.15) is 5.56 Å². The molecule has 0 aromatic carbocycles. The monoisotopic (exact) mass is 318 g/mol. The fraction of sp³-hybridized carbons (Fsp3) is 0.0625. The first-order valence-electron chi connectivity index (χ1n) is 7.36. The molecule has 118 valence electrons. The second kappa shape index (κ2) is 5.92. The van der Waals surface area contributed by atoms with Gasteiger partial charge in [0.15, 0.2) is 11.5 Å². The van der Waals surface area contributed by atoms with Crippen molar-refractivity contribution in [3.05, 3.63) is 60.8 Å². The number of anilines is 2. The molecule has 0 radical (unpaired) electrons. The van der Waals surface area contributed by atoms with Gasteiger partial charge < -0.3 is 11.1 Å². The minimum absolute atomic E-state index is 0.431. The van der Waals surface area contributed by atoms with Gasteiger partial charge >= 0.3 is 0 Å². The molecule has 0 aliphatic rings. The van der Waals surface area contributed by atoms with E-state index in [1.807, 2.05) is 30.5 Å². The molecule has 8 heteroatoms. The predicted molar refractivity (Wildman–Crippen MR) is 90.4 cm³/mol. The molecule has 0 saturated carbocycles. The number of nitrogens with zero attached hydrogens (tertiary/aromatic N) is 6. The summed E-state index contributed by atoms with van der Waals surface area (Å²) in [5, 5.41) is 8.37. The lowest BCUT2D eigenvalue weighted by Crippen LogP contribution is -2.08. The molecule has 0 saturated heterocycles. The number of hydrogen-bond donors (Lipinski definition) is 2. The van der Waals surface area contributed by atoms with Crippen LogP contribution in [0, 0.1) is 0 Å². The van der Waals surface area contributed by atoms with E-state index < -0.39 is 0 Å². The minimum atomic E-state index is 0.431. The average Bonchev–Trinajstić information content (AvgIpc) is 3.14. The molecule has 0 aliphatic heterocycles. The van der Waals surface area contributed by atoms with Crippen molar-refractivity contribution in [2.45, 2.75) is 6.54 Å². The lowest BCUT2D eigenvalue weighted by atomic mass is 10.2. The van der Waals surface area contributed by atoms with Gasteiger partial charge in [-0.1, -0.05) is 6.07 Å². The topological polar surface area (TPSA) is 107 Å². The Morgan fingerprint density at radius 3 is 2.88 bits per heavy atom. The van der Waals surface area contributed by atoms with Gasteiger partial charge in [-0.2, -0.15) is 5.10 Å². The van der Waals surface area contributed by atoms with E-state index in [2.05, 4.69) is 30.4 Å². The highest BCUT2D eigenvalue weighted by Crippen LogP contribution is 2.20. The lowest BCUT2D eigenvalue weighted by molar-refractivity contribution is 0.828. The molecule has 0 fully saturated rings. The van der Waals surface area contributed by atoms with E-state index in [1.54, 1.807) is 23.1 Å². The number of hydrogen-bond acceptors (Lipinski definition) is 7. The zero-order valence-corrected chi connectivity index (χ0v) is 12.7. The third-order valence-electron chi connectivity index (χ3n) is 3.55. The first-order valence-corrected chi connectivity index (χ1v) is 7.36. The molecule has 4 aromatic rings. The third-order valence-corrected chi connectivity index (χ3v) is 3.55. The van der Waals surface area contributed by atoms with Gasteiger partial charge in [-0.05, 0) is 24.3 Å². The summed E-state index contributed by atoms with van der Waals surface area (Å²) >= 11 is 0. The van der Waals surface area contributed by atoms with Crippen LogP contribution in [0.5, 0.6) is 0 Å². The molecule has 24 heavy (non-hydrogen) atoms. The summed E-state index contributed by atoms with van der Waals surface area (Å²) in [6.07, 6.45) is 6.79. The molecule has 0 amide bonds. The van der Waals surface area contributed by atoms with Crippen LogP contribution in [0.2, 0.25) is 0 Å². The molecule has 8 nitrogen and oxygen atoms in total. The van der Waals surface area contributed by atoms with Gasteiger partial charge in [-0.25, -0.2) is 24.6 Å². The first-order chi connectivity index (χ1) is 11.8. The Kier molecular flexibility index (Phi) is 3.47. The highest BCUT2D eigenvalue weighted by molar-refractivity contribution is 5.87. The molecule has 0 unspecified atom stereocenters. The van der Waals surface area contributed by atoms with Crippen molar-refractivity contribution in [1.29, 1.82) is 0 Å². The smallest absolute Gasteiger partial charge is 0.166 e. The molecule has 0 aliphatic carbocycles. The second-order valence-corrected chi connectivity index (χ2v) is 5.12. The Balaban J connectivity index is 1.65. The van der Waals surface area contributed by atoms with Crippen LogP contribution in [0.15, 0.2) is 55.2 Å². The van der Waals surface area contributed by atoms with Crippen molar-refractivity contribution in [2.75, 3.05) is 11.1 Å². The SMILES string of the molecule is Nc1ccc2c(NCc3cccnc3-n3cccn3)ncnc2n1. The van der Waals surface area contributed by atoms with Crippen LogP contribution in [0.25, 0.3) is 16.9 Å². The van der Waals surface area contributed by atoms with Gasteiger partial charge in [0.1, 0.15) is 18.0 Å². The standard InChI is InChI=1S/C16H14N8/c17-13-5-4-12-14(20-10-21-15(12)23-13)19-9-11-3-1-6-18-16(11)24-8-2-7-22-24/h1-8,10H,9H2,(H3,17,19,20,21,23). The zero-order valence-electron chi connectivity index (χ0n) is 12.7. The molecule has 4 heterocycles. The van der Waals surface area contributed by atoms with E-state index in [4.69, 9.17) is 5.73 Å². The first kappa shape index (κ1) is 14.1. The van der Waals surface area contributed by atoms with Crippen LogP contribution in [0.3, 0.4) is 0 Å². The summed E-state index contributed by atoms with van der Waals surface area (Å²) < 4.78 is 1.73. The minimum Gasteiger partial charge on any atom is -0.384 e. The van der Waals surface area contributed by atoms with Crippen molar-refractivity contribution in [2.24, 2.45) is 0 Å². The summed E-state index contributed by atoms with van der Waals surface area (Å²) in [7, 11) is 0. The van der Waals surface area contributed by atoms with Gasteiger partial charge in [0.25, 0.3) is 0 Å². The number of nitrogens with two attached hydrogens (primary N) is 1. The van der Waals surface area contributed by atoms with E-state index in [-0.39, 0.29) is 0 Å². The summed E-state index contributed by atoms with van der Waals surface area (Å²) in [4.78, 5) is 17.1.